The Labute approximate surface area is 274 Å². The van der Waals surface area contributed by atoms with E-state index in [4.69, 9.17) is 23.7 Å². The first-order valence-electron chi connectivity index (χ1n) is 16.3. The van der Waals surface area contributed by atoms with Crippen LogP contribution in [0.25, 0.3) is 0 Å². The maximum absolute atomic E-state index is 13.5. The molecule has 0 spiro atoms. The van der Waals surface area contributed by atoms with Crippen molar-refractivity contribution in [2.75, 3.05) is 32.7 Å². The molecule has 1 aromatic carbocycles. The van der Waals surface area contributed by atoms with Crippen molar-refractivity contribution in [1.29, 1.82) is 0 Å². The molecule has 0 bridgehead atoms. The lowest BCUT2D eigenvalue weighted by atomic mass is 9.83. The highest BCUT2D eigenvalue weighted by molar-refractivity contribution is 7.91. The van der Waals surface area contributed by atoms with Gasteiger partial charge in [-0.25, -0.2) is 8.42 Å². The predicted molar refractivity (Wildman–Crippen MR) is 177 cm³/mol. The molecule has 3 saturated heterocycles. The Bertz CT molecular complexity index is 1280. The molecule has 3 aliphatic heterocycles. The lowest BCUT2D eigenvalue weighted by molar-refractivity contribution is -0.0785. The van der Waals surface area contributed by atoms with Gasteiger partial charge in [0.15, 0.2) is 9.84 Å². The van der Waals surface area contributed by atoms with Crippen LogP contribution in [-0.4, -0.2) is 100 Å². The Morgan fingerprint density at radius 2 is 1.83 bits per heavy atom. The Morgan fingerprint density at radius 1 is 1.07 bits per heavy atom. The van der Waals surface area contributed by atoms with E-state index in [1.165, 1.54) is 7.11 Å². The highest BCUT2D eigenvalue weighted by Crippen LogP contribution is 2.41. The van der Waals surface area contributed by atoms with Crippen molar-refractivity contribution in [1.82, 2.24) is 0 Å². The van der Waals surface area contributed by atoms with Crippen LogP contribution in [-0.2, 0) is 33.5 Å². The Kier molecular flexibility index (Phi) is 13.8. The summed E-state index contributed by atoms with van der Waals surface area (Å²) in [5.41, 5.74) is 2.04. The van der Waals surface area contributed by atoms with Gasteiger partial charge in [-0.3, -0.25) is 0 Å². The molecule has 0 saturated carbocycles. The van der Waals surface area contributed by atoms with E-state index >= 15 is 0 Å². The SMILES string of the molecule is C=CCOC/C=C/[C@H]1CC(=C)[C@H](CC[C@H]2C[C@@H](C)C(=C)[C@@H](C[C@@H]3O[C@@H](C[C@H](O)CO)[C@@H](OC)[C@H]3CS(=O)(=O)c3ccccc3)O2)O1. The van der Waals surface area contributed by atoms with Gasteiger partial charge in [0.05, 0.1) is 79.3 Å². The van der Waals surface area contributed by atoms with Crippen molar-refractivity contribution in [3.05, 3.63) is 79.4 Å². The molecule has 2 N–H and O–H groups in total. The number of ether oxygens (including phenoxy) is 5. The first kappa shape index (κ1) is 36.7. The summed E-state index contributed by atoms with van der Waals surface area (Å²) in [5, 5.41) is 19.7. The zero-order chi connectivity index (χ0) is 33.3. The topological polar surface area (TPSA) is 121 Å². The number of aliphatic hydroxyl groups is 2. The molecule has 1 aromatic rings. The largest absolute Gasteiger partial charge is 0.394 e. The van der Waals surface area contributed by atoms with Crippen LogP contribution >= 0.6 is 0 Å². The third-order valence-electron chi connectivity index (χ3n) is 9.39. The first-order valence-corrected chi connectivity index (χ1v) is 18.0. The van der Waals surface area contributed by atoms with E-state index in [1.54, 1.807) is 36.4 Å². The molecule has 10 atom stereocenters. The summed E-state index contributed by atoms with van der Waals surface area (Å²) in [5.74, 6) is -0.484. The Morgan fingerprint density at radius 3 is 2.52 bits per heavy atom. The molecule has 0 aromatic heterocycles. The molecule has 3 fully saturated rings. The van der Waals surface area contributed by atoms with Gasteiger partial charge < -0.3 is 33.9 Å². The van der Waals surface area contributed by atoms with Crippen LogP contribution in [0.4, 0.5) is 0 Å². The van der Waals surface area contributed by atoms with Gasteiger partial charge in [-0.05, 0) is 48.5 Å². The number of sulfone groups is 1. The highest BCUT2D eigenvalue weighted by atomic mass is 32.2. The van der Waals surface area contributed by atoms with Crippen LogP contribution < -0.4 is 0 Å². The summed E-state index contributed by atoms with van der Waals surface area (Å²) in [6, 6.07) is 8.37. The van der Waals surface area contributed by atoms with Gasteiger partial charge in [-0.15, -0.1) is 6.58 Å². The minimum Gasteiger partial charge on any atom is -0.394 e. The fourth-order valence-corrected chi connectivity index (χ4v) is 8.57. The zero-order valence-electron chi connectivity index (χ0n) is 27.2. The summed E-state index contributed by atoms with van der Waals surface area (Å²) in [6.45, 7) is 15.0. The maximum atomic E-state index is 13.5. The molecule has 0 amide bonds. The number of hydrogen-bond donors (Lipinski definition) is 2. The van der Waals surface area contributed by atoms with Crippen LogP contribution in [0.1, 0.15) is 45.4 Å². The summed E-state index contributed by atoms with van der Waals surface area (Å²) < 4.78 is 57.6. The smallest absolute Gasteiger partial charge is 0.178 e. The second-order valence-corrected chi connectivity index (χ2v) is 14.8. The quantitative estimate of drug-likeness (QED) is 0.183. The molecule has 3 aliphatic rings. The minimum absolute atomic E-state index is 0.0156. The number of methoxy groups -OCH3 is 1. The van der Waals surface area contributed by atoms with Crippen LogP contribution in [0.3, 0.4) is 0 Å². The second-order valence-electron chi connectivity index (χ2n) is 12.8. The molecule has 10 heteroatoms. The molecular weight excluding hydrogens is 608 g/mol. The van der Waals surface area contributed by atoms with E-state index in [9.17, 15) is 18.6 Å². The monoisotopic (exact) mass is 660 g/mol. The average Bonchev–Trinajstić information content (AvgIpc) is 3.55. The van der Waals surface area contributed by atoms with Crippen LogP contribution in [0, 0.1) is 11.8 Å². The van der Waals surface area contributed by atoms with Crippen LogP contribution in [0.5, 0.6) is 0 Å². The van der Waals surface area contributed by atoms with Crippen molar-refractivity contribution in [3.8, 4) is 0 Å². The van der Waals surface area contributed by atoms with Gasteiger partial charge in [-0.2, -0.15) is 0 Å². The molecule has 4 rings (SSSR count). The van der Waals surface area contributed by atoms with E-state index in [0.29, 0.717) is 19.6 Å². The summed E-state index contributed by atoms with van der Waals surface area (Å²) in [6.07, 6.45) is 6.34. The van der Waals surface area contributed by atoms with Gasteiger partial charge in [0, 0.05) is 32.3 Å². The van der Waals surface area contributed by atoms with Crippen molar-refractivity contribution in [2.24, 2.45) is 11.8 Å². The van der Waals surface area contributed by atoms with Gasteiger partial charge in [-0.1, -0.05) is 56.5 Å². The van der Waals surface area contributed by atoms with Crippen molar-refractivity contribution >= 4 is 9.84 Å². The third-order valence-corrected chi connectivity index (χ3v) is 11.2. The summed E-state index contributed by atoms with van der Waals surface area (Å²) in [7, 11) is -2.14. The lowest BCUT2D eigenvalue weighted by Crippen LogP contribution is -2.40. The van der Waals surface area contributed by atoms with Crippen LogP contribution in [0.15, 0.2) is 84.3 Å². The van der Waals surface area contributed by atoms with E-state index in [0.717, 1.165) is 36.8 Å². The maximum Gasteiger partial charge on any atom is 0.178 e. The molecule has 0 aliphatic carbocycles. The molecular formula is C36H52O9S. The first-order chi connectivity index (χ1) is 22.1. The molecule has 0 radical (unpaired) electrons. The van der Waals surface area contributed by atoms with Crippen molar-refractivity contribution in [2.45, 2.75) is 99.2 Å². The second kappa shape index (κ2) is 17.3. The zero-order valence-corrected chi connectivity index (χ0v) is 28.1. The third kappa shape index (κ3) is 9.70. The minimum atomic E-state index is -3.66. The van der Waals surface area contributed by atoms with E-state index in [2.05, 4.69) is 26.7 Å². The Balaban J connectivity index is 1.42. The van der Waals surface area contributed by atoms with Crippen LogP contribution in [0.2, 0.25) is 0 Å². The Hall–Kier alpha value is -2.15. The standard InChI is InChI=1S/C36H52O9S/c1-6-16-42-17-10-11-28-19-25(3)32(43-28)15-14-29-18-24(2)26(4)33(44-29)21-34-31(23-46(39,40)30-12-8-7-9-13-30)36(41-5)35(45-34)20-27(38)22-37/h6-13,24,27-29,31-38H,1,3-4,14-23H2,2,5H3/b11-10+/t24-,27+,28+,29+,31+,32+,33-,34+,35+,36+/m1/s1. The number of benzene rings is 1. The van der Waals surface area contributed by atoms with E-state index < -0.39 is 46.8 Å². The highest BCUT2D eigenvalue weighted by Gasteiger charge is 2.49. The predicted octanol–water partition coefficient (Wildman–Crippen LogP) is 4.59. The van der Waals surface area contributed by atoms with Gasteiger partial charge in [0.1, 0.15) is 0 Å². The van der Waals surface area contributed by atoms with Crippen molar-refractivity contribution < 1.29 is 42.3 Å². The lowest BCUT2D eigenvalue weighted by Gasteiger charge is -2.38. The molecule has 256 valence electrons. The fraction of sp³-hybridized carbons (Fsp3) is 0.611. The molecule has 9 nitrogen and oxygen atoms in total. The normalized spacial score (nSPS) is 32.7. The molecule has 3 heterocycles. The number of aliphatic hydroxyl groups excluding tert-OH is 2. The summed E-state index contributed by atoms with van der Waals surface area (Å²) >= 11 is 0. The summed E-state index contributed by atoms with van der Waals surface area (Å²) in [4.78, 5) is 0.240. The van der Waals surface area contributed by atoms with Crippen molar-refractivity contribution in [3.63, 3.8) is 0 Å². The van der Waals surface area contributed by atoms with Gasteiger partial charge >= 0.3 is 0 Å². The molecule has 46 heavy (non-hydrogen) atoms. The number of hydrogen-bond acceptors (Lipinski definition) is 9. The number of rotatable bonds is 17. The molecule has 0 unspecified atom stereocenters. The van der Waals surface area contributed by atoms with E-state index in [1.807, 2.05) is 12.2 Å². The fourth-order valence-electron chi connectivity index (χ4n) is 6.90. The average molecular weight is 661 g/mol. The van der Waals surface area contributed by atoms with Gasteiger partial charge in [0.2, 0.25) is 0 Å². The van der Waals surface area contributed by atoms with Gasteiger partial charge in [0.25, 0.3) is 0 Å². The van der Waals surface area contributed by atoms with E-state index in [-0.39, 0.29) is 47.4 Å².